The smallest absolute Gasteiger partial charge is 0.294 e. The number of methoxy groups -OCH3 is 1. The lowest BCUT2D eigenvalue weighted by atomic mass is 9.75. The minimum Gasteiger partial charge on any atom is -0.744 e. The van der Waals surface area contributed by atoms with Gasteiger partial charge in [0.05, 0.1) is 63.0 Å². The molecule has 29 nitrogen and oxygen atoms in total. The van der Waals surface area contributed by atoms with Crippen LogP contribution in [0.2, 0.25) is 0 Å². The van der Waals surface area contributed by atoms with Gasteiger partial charge in [-0.15, -0.1) is 10.2 Å². The molecule has 0 spiro atoms. The quantitative estimate of drug-likeness (QED) is 0.0141. The Morgan fingerprint density at radius 3 is 2.24 bits per heavy atom. The second-order valence-corrected chi connectivity index (χ2v) is 29.1. The van der Waals surface area contributed by atoms with E-state index in [1.54, 1.807) is 83.9 Å². The summed E-state index contributed by atoms with van der Waals surface area (Å²) in [5.74, 6) is -0.643. The Hall–Kier alpha value is -8.31. The SMILES string of the molecule is CNC(=O)c1nnc(Nc2cnn(C3CCN(C(=O)CCCCCC4(C)C(/C=C/C=C/C=C5/N(CCCS(=O)(=O)O)c6ccc(S(=O)(=O)[O-])cc6C5(C)C)=[N+](CCCS(=O)(=O)O)c5ccc(S(=O)(=O)O)cc54)CC3)c2)nc1Nc1cccc(-c2ncn(C)n2)c1OC. The second kappa shape index (κ2) is 27.5. The van der Waals surface area contributed by atoms with Crippen LogP contribution < -0.4 is 25.6 Å². The van der Waals surface area contributed by atoms with Crippen LogP contribution in [0.4, 0.5) is 34.5 Å². The van der Waals surface area contributed by atoms with Crippen LogP contribution in [0.3, 0.4) is 0 Å². The fourth-order valence-electron chi connectivity index (χ4n) is 12.0. The van der Waals surface area contributed by atoms with Crippen molar-refractivity contribution < 1.29 is 70.8 Å². The van der Waals surface area contributed by atoms with E-state index in [4.69, 9.17) is 4.74 Å². The van der Waals surface area contributed by atoms with Gasteiger partial charge in [0.1, 0.15) is 23.0 Å². The van der Waals surface area contributed by atoms with E-state index in [1.807, 2.05) is 34.9 Å². The van der Waals surface area contributed by atoms with Gasteiger partial charge in [-0.25, -0.2) is 13.4 Å². The van der Waals surface area contributed by atoms with E-state index in [0.29, 0.717) is 114 Å². The zero-order valence-electron chi connectivity index (χ0n) is 51.3. The normalized spacial score (nSPS) is 17.5. The van der Waals surface area contributed by atoms with Crippen LogP contribution >= 0.6 is 0 Å². The number of ether oxygens (including phenoxy) is 1. The third-order valence-electron chi connectivity index (χ3n) is 16.5. The van der Waals surface area contributed by atoms with Crippen LogP contribution in [-0.2, 0) is 63.1 Å². The molecule has 3 aromatic heterocycles. The number of amides is 2. The Bertz CT molecular complexity index is 4410. The van der Waals surface area contributed by atoms with Gasteiger partial charge in [0.25, 0.3) is 36.3 Å². The first kappa shape index (κ1) is 68.1. The molecular weight excluding hydrogens is 1270 g/mol. The second-order valence-electron chi connectivity index (χ2n) is 23.2. The van der Waals surface area contributed by atoms with Crippen LogP contribution in [0.25, 0.3) is 11.4 Å². The number of carbonyl (C=O) groups is 2. The van der Waals surface area contributed by atoms with Crippen molar-refractivity contribution in [2.75, 3.05) is 67.4 Å². The summed E-state index contributed by atoms with van der Waals surface area (Å²) >= 11 is 0. The Morgan fingerprint density at radius 2 is 1.57 bits per heavy atom. The molecule has 3 aliphatic rings. The predicted octanol–water partition coefficient (Wildman–Crippen LogP) is 6.39. The van der Waals surface area contributed by atoms with E-state index < -0.39 is 73.6 Å². The van der Waals surface area contributed by atoms with Crippen molar-refractivity contribution in [1.82, 2.24) is 49.9 Å². The zero-order valence-corrected chi connectivity index (χ0v) is 54.6. The summed E-state index contributed by atoms with van der Waals surface area (Å²) in [5, 5.41) is 26.2. The summed E-state index contributed by atoms with van der Waals surface area (Å²) in [6, 6.07) is 13.4. The topological polar surface area (TPSA) is 396 Å². The first-order chi connectivity index (χ1) is 43.4. The van der Waals surface area contributed by atoms with Crippen LogP contribution in [0.5, 0.6) is 5.75 Å². The maximum atomic E-state index is 13.7. The van der Waals surface area contributed by atoms with Gasteiger partial charge < -0.3 is 35.0 Å². The first-order valence-corrected chi connectivity index (χ1v) is 35.4. The van der Waals surface area contributed by atoms with Crippen molar-refractivity contribution in [1.29, 1.82) is 0 Å². The highest BCUT2D eigenvalue weighted by Crippen LogP contribution is 2.49. The standard InChI is InChI=1S/C59H72N14O15S4/c1-58(2)44-34-41(91(82,83)84)21-23-47(44)71(28-14-32-89(76,77)78)49(58)18-9-7-10-19-50-59(3,45-35-42(92(85,86)87)22-24-48(45)72(50)29-15-33-90(79,80)81)27-12-8-11-20-51(74)70-30-25-40(26-31-70)73-37-39(36-62-73)63-57-65-55(52(66-67-57)56(75)60-4)64-46-17-13-16-43(53(46)88-6)54-61-38-69(5)68-54/h7,9-10,13,16-19,21-24,34-38,40H,8,11-12,14-15,20,25-33H2,1-6H3,(H6-,60,63,64,65,67,75,76,77,78,79,80,81,82,83,84,85,86,87). The van der Waals surface area contributed by atoms with Crippen molar-refractivity contribution >= 4 is 92.5 Å². The molecule has 3 aliphatic heterocycles. The summed E-state index contributed by atoms with van der Waals surface area (Å²) < 4.78 is 149. The lowest BCUT2D eigenvalue weighted by molar-refractivity contribution is -0.437. The minimum absolute atomic E-state index is 0.00669. The van der Waals surface area contributed by atoms with Crippen LogP contribution in [0.15, 0.2) is 119 Å². The molecule has 9 rings (SSSR count). The van der Waals surface area contributed by atoms with E-state index >= 15 is 0 Å². The number of aromatic nitrogens is 8. The third-order valence-corrected chi connectivity index (χ3v) is 19.8. The summed E-state index contributed by atoms with van der Waals surface area (Å²) in [7, 11) is -13.5. The van der Waals surface area contributed by atoms with E-state index in [9.17, 15) is 61.5 Å². The number of anilines is 5. The van der Waals surface area contributed by atoms with Gasteiger partial charge in [0.15, 0.2) is 28.8 Å². The number of nitrogens with zero attached hydrogens (tertiary/aromatic N) is 11. The fraction of sp³-hybridized carbons (Fsp3) is 0.407. The molecule has 6 N–H and O–H groups in total. The predicted molar refractivity (Wildman–Crippen MR) is 340 cm³/mol. The third kappa shape index (κ3) is 15.8. The first-order valence-electron chi connectivity index (χ1n) is 29.3. The van der Waals surface area contributed by atoms with Crippen molar-refractivity contribution in [3.05, 3.63) is 126 Å². The average molecular weight is 1350 g/mol. The van der Waals surface area contributed by atoms with Gasteiger partial charge in [-0.2, -0.15) is 45.0 Å². The molecule has 0 aliphatic carbocycles. The number of nitrogens with one attached hydrogen (secondary N) is 3. The summed E-state index contributed by atoms with van der Waals surface area (Å²) in [5.41, 5.74) is 3.09. The van der Waals surface area contributed by atoms with Gasteiger partial charge in [-0.3, -0.25) is 32.6 Å². The molecule has 6 heterocycles. The Balaban J connectivity index is 0.855. The highest BCUT2D eigenvalue weighted by Gasteiger charge is 2.48. The largest absolute Gasteiger partial charge is 0.744 e. The summed E-state index contributed by atoms with van der Waals surface area (Å²) in [6.45, 7) is 6.71. The fourth-order valence-corrected chi connectivity index (χ4v) is 14.0. The van der Waals surface area contributed by atoms with Crippen LogP contribution in [0, 0.1) is 0 Å². The Kier molecular flexibility index (Phi) is 20.3. The molecular formula is C59H72N14O15S4. The number of hydrogen-bond donors (Lipinski definition) is 6. The highest BCUT2D eigenvalue weighted by atomic mass is 32.2. The van der Waals surface area contributed by atoms with Gasteiger partial charge in [-0.1, -0.05) is 51.0 Å². The Morgan fingerprint density at radius 1 is 0.848 bits per heavy atom. The number of unbranched alkanes of at least 4 members (excludes halogenated alkanes) is 2. The average Bonchev–Trinajstić information content (AvgIpc) is 1.59. The number of para-hydroxylation sites is 1. The number of likely N-dealkylation sites (tertiary alicyclic amines) is 1. The molecule has 0 saturated carbocycles. The Labute approximate surface area is 533 Å². The highest BCUT2D eigenvalue weighted by molar-refractivity contribution is 7.86. The molecule has 492 valence electrons. The van der Waals surface area contributed by atoms with E-state index in [1.165, 1.54) is 50.6 Å². The number of benzene rings is 3. The molecule has 0 radical (unpaired) electrons. The molecule has 1 saturated heterocycles. The van der Waals surface area contributed by atoms with Crippen LogP contribution in [-0.4, -0.2) is 170 Å². The number of aryl methyl sites for hydroxylation is 1. The van der Waals surface area contributed by atoms with Gasteiger partial charge in [0.2, 0.25) is 17.5 Å². The zero-order chi connectivity index (χ0) is 66.6. The number of rotatable bonds is 27. The summed E-state index contributed by atoms with van der Waals surface area (Å²) in [4.78, 5) is 38.4. The molecule has 6 aromatic rings. The van der Waals surface area contributed by atoms with E-state index in [2.05, 4.69) is 46.3 Å². The molecule has 92 heavy (non-hydrogen) atoms. The van der Waals surface area contributed by atoms with Crippen LogP contribution in [0.1, 0.15) is 106 Å². The van der Waals surface area contributed by atoms with E-state index in [0.717, 1.165) is 0 Å². The number of allylic oxidation sites excluding steroid dienone is 6. The molecule has 1 atom stereocenters. The van der Waals surface area contributed by atoms with Crippen molar-refractivity contribution in [2.24, 2.45) is 7.05 Å². The number of fused-ring (bicyclic) bond motifs is 2. The summed E-state index contributed by atoms with van der Waals surface area (Å²) in [6.07, 6.45) is 17.3. The van der Waals surface area contributed by atoms with Crippen molar-refractivity contribution in [3.8, 4) is 17.1 Å². The molecule has 3 aromatic carbocycles. The molecule has 1 fully saturated rings. The number of carbonyl (C=O) groups excluding carboxylic acids is 2. The van der Waals surface area contributed by atoms with E-state index in [-0.39, 0.29) is 66.7 Å². The van der Waals surface area contributed by atoms with Gasteiger partial charge in [-0.05, 0) is 93.1 Å². The molecule has 1 unspecified atom stereocenters. The maximum Gasteiger partial charge on any atom is 0.294 e. The molecule has 33 heteroatoms. The number of piperidine rings is 1. The van der Waals surface area contributed by atoms with Crippen molar-refractivity contribution in [3.63, 3.8) is 0 Å². The minimum atomic E-state index is -4.83. The lowest BCUT2D eigenvalue weighted by Crippen LogP contribution is -2.39. The molecule has 0 bridgehead atoms. The van der Waals surface area contributed by atoms with Crippen molar-refractivity contribution in [2.45, 2.75) is 105 Å². The maximum absolute atomic E-state index is 13.7. The van der Waals surface area contributed by atoms with Gasteiger partial charge in [0, 0.05) is 87.3 Å². The molecule has 2 amide bonds. The monoisotopic (exact) mass is 1340 g/mol. The number of hydrogen-bond acceptors (Lipinski definition) is 21. The van der Waals surface area contributed by atoms with Gasteiger partial charge >= 0.3 is 0 Å². The lowest BCUT2D eigenvalue weighted by Gasteiger charge is -2.32.